The third kappa shape index (κ3) is 3.47. The van der Waals surface area contributed by atoms with E-state index in [9.17, 15) is 4.79 Å². The van der Waals surface area contributed by atoms with Gasteiger partial charge in [-0.15, -0.1) is 0 Å². The second kappa shape index (κ2) is 5.47. The van der Waals surface area contributed by atoms with Gasteiger partial charge in [0.1, 0.15) is 0 Å². The van der Waals surface area contributed by atoms with Crippen molar-refractivity contribution in [3.05, 3.63) is 0 Å². The molecule has 0 aromatic heterocycles. The van der Waals surface area contributed by atoms with Gasteiger partial charge < -0.3 is 15.4 Å². The van der Waals surface area contributed by atoms with Crippen molar-refractivity contribution in [3.63, 3.8) is 0 Å². The Bertz CT molecular complexity index is 209. The number of carbonyl (C=O) groups excluding carboxylic acids is 1. The Balaban J connectivity index is 1.66. The molecular weight excluding hydrogens is 192 g/mol. The molecule has 0 radical (unpaired) electrons. The highest BCUT2D eigenvalue weighted by Gasteiger charge is 2.21. The van der Waals surface area contributed by atoms with Crippen molar-refractivity contribution in [3.8, 4) is 0 Å². The van der Waals surface area contributed by atoms with E-state index in [1.807, 2.05) is 0 Å². The molecule has 1 amide bonds. The molecule has 2 unspecified atom stereocenters. The topological polar surface area (TPSA) is 50.4 Å². The molecule has 2 rings (SSSR count). The van der Waals surface area contributed by atoms with Crippen molar-refractivity contribution in [1.82, 2.24) is 10.6 Å². The first-order chi connectivity index (χ1) is 7.34. The Labute approximate surface area is 90.8 Å². The largest absolute Gasteiger partial charge is 0.379 e. The lowest BCUT2D eigenvalue weighted by Gasteiger charge is -2.23. The third-order valence-corrected chi connectivity index (χ3v) is 3.16. The van der Waals surface area contributed by atoms with Crippen molar-refractivity contribution in [2.75, 3.05) is 26.3 Å². The fourth-order valence-electron chi connectivity index (χ4n) is 2.29. The lowest BCUT2D eigenvalue weighted by atomic mass is 10.0. The first kappa shape index (κ1) is 10.9. The van der Waals surface area contributed by atoms with E-state index in [0.29, 0.717) is 18.9 Å². The maximum Gasteiger partial charge on any atom is 0.220 e. The molecule has 2 N–H and O–H groups in total. The minimum Gasteiger partial charge on any atom is -0.379 e. The predicted octanol–water partition coefficient (Wildman–Crippen LogP) is 0.281. The van der Waals surface area contributed by atoms with Crippen LogP contribution in [0.25, 0.3) is 0 Å². The summed E-state index contributed by atoms with van der Waals surface area (Å²) in [6, 6.07) is 0.251. The van der Waals surface area contributed by atoms with Crippen LogP contribution in [0.2, 0.25) is 0 Å². The molecule has 0 aliphatic carbocycles. The minimum absolute atomic E-state index is 0.194. The van der Waals surface area contributed by atoms with Crippen LogP contribution >= 0.6 is 0 Å². The quantitative estimate of drug-likeness (QED) is 0.706. The van der Waals surface area contributed by atoms with Crippen molar-refractivity contribution in [2.45, 2.75) is 31.7 Å². The van der Waals surface area contributed by atoms with Gasteiger partial charge >= 0.3 is 0 Å². The molecular formula is C11H20N2O2. The van der Waals surface area contributed by atoms with E-state index in [1.165, 1.54) is 0 Å². The molecule has 0 aromatic carbocycles. The number of hydrogen-bond acceptors (Lipinski definition) is 3. The molecule has 2 aliphatic rings. The second-order valence-corrected chi connectivity index (χ2v) is 4.54. The molecule has 0 spiro atoms. The van der Waals surface area contributed by atoms with E-state index in [2.05, 4.69) is 10.6 Å². The molecule has 2 heterocycles. The van der Waals surface area contributed by atoms with E-state index in [4.69, 9.17) is 4.74 Å². The fourth-order valence-corrected chi connectivity index (χ4v) is 2.29. The first-order valence-corrected chi connectivity index (χ1v) is 5.92. The van der Waals surface area contributed by atoms with Gasteiger partial charge in [-0.3, -0.25) is 4.79 Å². The SMILES string of the molecule is O=C(CC1CCNC1)NC1CCCOC1. The van der Waals surface area contributed by atoms with Gasteiger partial charge in [0.2, 0.25) is 5.91 Å². The van der Waals surface area contributed by atoms with Crippen molar-refractivity contribution < 1.29 is 9.53 Å². The Kier molecular flexibility index (Phi) is 3.97. The zero-order valence-electron chi connectivity index (χ0n) is 9.13. The van der Waals surface area contributed by atoms with Crippen LogP contribution in [0.3, 0.4) is 0 Å². The summed E-state index contributed by atoms with van der Waals surface area (Å²) in [5.74, 6) is 0.730. The highest BCUT2D eigenvalue weighted by molar-refractivity contribution is 5.76. The van der Waals surface area contributed by atoms with Gasteiger partial charge in [-0.05, 0) is 38.3 Å². The van der Waals surface area contributed by atoms with Gasteiger partial charge in [0.25, 0.3) is 0 Å². The van der Waals surface area contributed by atoms with Crippen LogP contribution in [0.5, 0.6) is 0 Å². The lowest BCUT2D eigenvalue weighted by molar-refractivity contribution is -0.123. The molecule has 0 bridgehead atoms. The van der Waals surface area contributed by atoms with Crippen LogP contribution in [0.1, 0.15) is 25.7 Å². The summed E-state index contributed by atoms with van der Waals surface area (Å²) in [6.45, 7) is 3.59. The highest BCUT2D eigenvalue weighted by Crippen LogP contribution is 2.12. The van der Waals surface area contributed by atoms with E-state index in [0.717, 1.165) is 39.0 Å². The molecule has 0 aromatic rings. The molecule has 2 aliphatic heterocycles. The third-order valence-electron chi connectivity index (χ3n) is 3.16. The summed E-state index contributed by atoms with van der Waals surface area (Å²) < 4.78 is 5.33. The monoisotopic (exact) mass is 212 g/mol. The average Bonchev–Trinajstić information content (AvgIpc) is 2.71. The summed E-state index contributed by atoms with van der Waals surface area (Å²) in [4.78, 5) is 11.7. The molecule has 86 valence electrons. The summed E-state index contributed by atoms with van der Waals surface area (Å²) in [7, 11) is 0. The smallest absolute Gasteiger partial charge is 0.220 e. The van der Waals surface area contributed by atoms with E-state index < -0.39 is 0 Å². The Morgan fingerprint density at radius 2 is 2.40 bits per heavy atom. The zero-order valence-corrected chi connectivity index (χ0v) is 9.13. The van der Waals surface area contributed by atoms with E-state index in [-0.39, 0.29) is 11.9 Å². The molecule has 4 heteroatoms. The number of ether oxygens (including phenoxy) is 1. The molecule has 2 saturated heterocycles. The minimum atomic E-state index is 0.194. The second-order valence-electron chi connectivity index (χ2n) is 4.54. The molecule has 4 nitrogen and oxygen atoms in total. The number of nitrogens with one attached hydrogen (secondary N) is 2. The summed E-state index contributed by atoms with van der Waals surface area (Å²) in [5, 5.41) is 6.33. The van der Waals surface area contributed by atoms with Gasteiger partial charge in [0, 0.05) is 13.0 Å². The predicted molar refractivity (Wildman–Crippen MR) is 57.6 cm³/mol. The standard InChI is InChI=1S/C11H20N2O2/c14-11(6-9-3-4-12-7-9)13-10-2-1-5-15-8-10/h9-10,12H,1-8H2,(H,13,14). The number of amides is 1. The van der Waals surface area contributed by atoms with E-state index >= 15 is 0 Å². The van der Waals surface area contributed by atoms with Gasteiger partial charge in [-0.1, -0.05) is 0 Å². The highest BCUT2D eigenvalue weighted by atomic mass is 16.5. The zero-order chi connectivity index (χ0) is 10.5. The molecule has 2 atom stereocenters. The Morgan fingerprint density at radius 1 is 1.47 bits per heavy atom. The molecule has 2 fully saturated rings. The number of hydrogen-bond donors (Lipinski definition) is 2. The van der Waals surface area contributed by atoms with Gasteiger partial charge in [-0.25, -0.2) is 0 Å². The Hall–Kier alpha value is -0.610. The lowest BCUT2D eigenvalue weighted by Crippen LogP contribution is -2.41. The average molecular weight is 212 g/mol. The van der Waals surface area contributed by atoms with Crippen LogP contribution in [0.15, 0.2) is 0 Å². The van der Waals surface area contributed by atoms with Gasteiger partial charge in [0.15, 0.2) is 0 Å². The number of rotatable bonds is 3. The Morgan fingerprint density at radius 3 is 3.07 bits per heavy atom. The summed E-state index contributed by atoms with van der Waals surface area (Å²) >= 11 is 0. The normalized spacial score (nSPS) is 31.5. The van der Waals surface area contributed by atoms with Gasteiger partial charge in [-0.2, -0.15) is 0 Å². The van der Waals surface area contributed by atoms with Crippen molar-refractivity contribution in [2.24, 2.45) is 5.92 Å². The first-order valence-electron chi connectivity index (χ1n) is 5.92. The van der Waals surface area contributed by atoms with Crippen LogP contribution < -0.4 is 10.6 Å². The van der Waals surface area contributed by atoms with Crippen molar-refractivity contribution >= 4 is 5.91 Å². The molecule has 0 saturated carbocycles. The molecule has 15 heavy (non-hydrogen) atoms. The number of carbonyl (C=O) groups is 1. The van der Waals surface area contributed by atoms with Crippen molar-refractivity contribution in [1.29, 1.82) is 0 Å². The maximum absolute atomic E-state index is 11.7. The fraction of sp³-hybridized carbons (Fsp3) is 0.909. The van der Waals surface area contributed by atoms with Crippen LogP contribution in [-0.4, -0.2) is 38.3 Å². The van der Waals surface area contributed by atoms with Crippen LogP contribution in [0, 0.1) is 5.92 Å². The summed E-state index contributed by atoms with van der Waals surface area (Å²) in [5.41, 5.74) is 0. The maximum atomic E-state index is 11.7. The summed E-state index contributed by atoms with van der Waals surface area (Å²) in [6.07, 6.45) is 3.93. The van der Waals surface area contributed by atoms with Gasteiger partial charge in [0.05, 0.1) is 12.6 Å². The van der Waals surface area contributed by atoms with Crippen LogP contribution in [0.4, 0.5) is 0 Å². The van der Waals surface area contributed by atoms with Crippen LogP contribution in [-0.2, 0) is 9.53 Å². The van der Waals surface area contributed by atoms with E-state index in [1.54, 1.807) is 0 Å².